The van der Waals surface area contributed by atoms with E-state index in [0.29, 0.717) is 60.6 Å². The van der Waals surface area contributed by atoms with Gasteiger partial charge < -0.3 is 20.1 Å². The van der Waals surface area contributed by atoms with E-state index in [2.05, 4.69) is 29.3 Å². The lowest BCUT2D eigenvalue weighted by molar-refractivity contribution is 0.0985. The average Bonchev–Trinajstić information content (AvgIpc) is 3.87. The number of pyridine rings is 2. The number of aryl methyl sites for hydroxylation is 1. The molecule has 2 N–H and O–H groups in total. The highest BCUT2D eigenvalue weighted by Crippen LogP contribution is 2.33. The lowest BCUT2D eigenvalue weighted by atomic mass is 9.91. The number of carbonyl (C=O) groups is 2. The van der Waals surface area contributed by atoms with E-state index in [1.54, 1.807) is 38.7 Å². The molecule has 4 heterocycles. The normalized spacial score (nSPS) is 15.5. The van der Waals surface area contributed by atoms with E-state index in [0.717, 1.165) is 95.4 Å². The Bertz CT molecular complexity index is 2190. The van der Waals surface area contributed by atoms with E-state index >= 15 is 0 Å². The number of Topliss-reactive ketones (excluding diaryl/α,β-unsaturated/α-hetero) is 1. The standard InChI is InChI=1S/C44H56N6O6S2/c1-31-33(25-41(51)39-26-43(56-4)35(30-46-39)28-45-19-20-49-58(54)23-9-10-24-58)14-11-15-36(31)37-16-12-17-38(32(37)2)50-44(52)40-27-42(55-3)34(29-47-40)13-5-6-18-48-57(53)21-7-8-22-57/h11-12,14-17,26-27,29-30,45H,5-10,13,18-25,28H2,1-4H3,(H,50,52). The minimum absolute atomic E-state index is 0.128. The molecule has 0 bridgehead atoms. The molecule has 2 aliphatic heterocycles. The molecule has 58 heavy (non-hydrogen) atoms. The van der Waals surface area contributed by atoms with Gasteiger partial charge in [-0.25, -0.2) is 17.1 Å². The Kier molecular flexibility index (Phi) is 14.7. The van der Waals surface area contributed by atoms with Crippen LogP contribution in [0.1, 0.15) is 87.3 Å². The monoisotopic (exact) mass is 828 g/mol. The van der Waals surface area contributed by atoms with Crippen molar-refractivity contribution >= 4 is 36.8 Å². The molecule has 2 fully saturated rings. The molecule has 2 aromatic heterocycles. The Morgan fingerprint density at radius 2 is 1.31 bits per heavy atom. The first-order valence-electron chi connectivity index (χ1n) is 20.2. The predicted molar refractivity (Wildman–Crippen MR) is 232 cm³/mol. The number of nitrogens with one attached hydrogen (secondary N) is 2. The number of amides is 1. The van der Waals surface area contributed by atoms with Crippen LogP contribution in [0.2, 0.25) is 0 Å². The Hall–Kier alpha value is -4.66. The third-order valence-electron chi connectivity index (χ3n) is 11.0. The summed E-state index contributed by atoms with van der Waals surface area (Å²) in [5, 5.41) is 6.36. The largest absolute Gasteiger partial charge is 0.496 e. The number of methoxy groups -OCH3 is 2. The van der Waals surface area contributed by atoms with E-state index in [1.807, 2.05) is 50.2 Å². The third kappa shape index (κ3) is 10.9. The van der Waals surface area contributed by atoms with Gasteiger partial charge in [0.25, 0.3) is 5.91 Å². The number of ether oxygens (including phenoxy) is 2. The summed E-state index contributed by atoms with van der Waals surface area (Å²) in [7, 11) is -0.839. The fraction of sp³-hybridized carbons (Fsp3) is 0.455. The molecular weight excluding hydrogens is 773 g/mol. The first kappa shape index (κ1) is 42.9. The van der Waals surface area contributed by atoms with Gasteiger partial charge in [0.05, 0.1) is 20.8 Å². The van der Waals surface area contributed by atoms with Gasteiger partial charge >= 0.3 is 0 Å². The number of unbranched alkanes of at least 4 members (excludes halogenated alkanes) is 1. The minimum atomic E-state index is -2.02. The Morgan fingerprint density at radius 1 is 0.724 bits per heavy atom. The second kappa shape index (κ2) is 19.9. The number of benzene rings is 2. The summed E-state index contributed by atoms with van der Waals surface area (Å²) >= 11 is 0. The summed E-state index contributed by atoms with van der Waals surface area (Å²) in [4.78, 5) is 36.0. The zero-order valence-corrected chi connectivity index (χ0v) is 35.8. The van der Waals surface area contributed by atoms with Crippen LogP contribution in [0.5, 0.6) is 11.5 Å². The van der Waals surface area contributed by atoms with E-state index in [9.17, 15) is 18.0 Å². The lowest BCUT2D eigenvalue weighted by Gasteiger charge is -2.17. The second-order valence-corrected chi connectivity index (χ2v) is 20.2. The first-order chi connectivity index (χ1) is 28.0. The van der Waals surface area contributed by atoms with Crippen LogP contribution < -0.4 is 20.1 Å². The lowest BCUT2D eigenvalue weighted by Crippen LogP contribution is -2.19. The van der Waals surface area contributed by atoms with Crippen molar-refractivity contribution in [3.8, 4) is 22.6 Å². The van der Waals surface area contributed by atoms with Crippen molar-refractivity contribution in [2.24, 2.45) is 8.73 Å². The molecule has 2 aliphatic rings. The number of aromatic nitrogens is 2. The molecule has 4 aromatic rings. The fourth-order valence-electron chi connectivity index (χ4n) is 7.53. The number of hydrogen-bond donors (Lipinski definition) is 2. The molecule has 0 unspecified atom stereocenters. The predicted octanol–water partition coefficient (Wildman–Crippen LogP) is 7.39. The van der Waals surface area contributed by atoms with Gasteiger partial charge in [-0.2, -0.15) is 0 Å². The van der Waals surface area contributed by atoms with Gasteiger partial charge in [-0.3, -0.25) is 19.6 Å². The molecule has 0 radical (unpaired) electrons. The quantitative estimate of drug-likeness (QED) is 0.0770. The van der Waals surface area contributed by atoms with Crippen molar-refractivity contribution < 1.29 is 27.5 Å². The third-order valence-corrected chi connectivity index (χ3v) is 16.0. The van der Waals surface area contributed by atoms with Gasteiger partial charge in [0, 0.05) is 110 Å². The maximum Gasteiger partial charge on any atom is 0.274 e. The number of hydrogen-bond acceptors (Lipinski definition) is 11. The Balaban J connectivity index is 1.07. The average molecular weight is 829 g/mol. The van der Waals surface area contributed by atoms with Gasteiger partial charge in [-0.05, 0) is 92.7 Å². The van der Waals surface area contributed by atoms with Gasteiger partial charge in [0.2, 0.25) is 0 Å². The van der Waals surface area contributed by atoms with Gasteiger partial charge in [0.1, 0.15) is 22.9 Å². The summed E-state index contributed by atoms with van der Waals surface area (Å²) in [6.45, 7) is 6.15. The van der Waals surface area contributed by atoms with Crippen LogP contribution in [-0.4, -0.2) is 86.9 Å². The molecule has 0 atom stereocenters. The van der Waals surface area contributed by atoms with Crippen molar-refractivity contribution in [3.05, 3.63) is 100 Å². The first-order valence-corrected chi connectivity index (χ1v) is 23.9. The number of nitrogens with zero attached hydrogens (tertiary/aromatic N) is 4. The zero-order chi connectivity index (χ0) is 41.1. The molecular formula is C44H56N6O6S2. The second-order valence-electron chi connectivity index (χ2n) is 15.0. The molecule has 0 saturated carbocycles. The minimum Gasteiger partial charge on any atom is -0.496 e. The summed E-state index contributed by atoms with van der Waals surface area (Å²) in [5.74, 6) is 3.56. The molecule has 14 heteroatoms. The van der Waals surface area contributed by atoms with Crippen LogP contribution >= 0.6 is 0 Å². The highest BCUT2D eigenvalue weighted by molar-refractivity contribution is 7.94. The SMILES string of the molecule is COc1cc(C(=O)Nc2cccc(-c3cccc(CC(=O)c4cc(OC)c(CNCCN=S5(=O)CCCC5)cn4)c3C)c2C)ncc1CCCCN=S1(=O)CCCC1. The maximum absolute atomic E-state index is 13.6. The van der Waals surface area contributed by atoms with Crippen molar-refractivity contribution in [1.29, 1.82) is 0 Å². The zero-order valence-electron chi connectivity index (χ0n) is 34.1. The number of anilines is 1. The van der Waals surface area contributed by atoms with E-state index in [1.165, 1.54) is 0 Å². The summed E-state index contributed by atoms with van der Waals surface area (Å²) in [5.41, 5.74) is 7.58. The van der Waals surface area contributed by atoms with Gasteiger partial charge in [-0.15, -0.1) is 0 Å². The Labute approximate surface area is 343 Å². The van der Waals surface area contributed by atoms with Crippen molar-refractivity contribution in [3.63, 3.8) is 0 Å². The molecule has 310 valence electrons. The topological polar surface area (TPSA) is 161 Å². The Morgan fingerprint density at radius 3 is 2.00 bits per heavy atom. The summed E-state index contributed by atoms with van der Waals surface area (Å²) < 4.78 is 45.4. The van der Waals surface area contributed by atoms with Crippen LogP contribution in [0.4, 0.5) is 5.69 Å². The van der Waals surface area contributed by atoms with Crippen molar-refractivity contribution in [1.82, 2.24) is 15.3 Å². The van der Waals surface area contributed by atoms with Crippen molar-refractivity contribution in [2.45, 2.75) is 71.8 Å². The van der Waals surface area contributed by atoms with E-state index < -0.39 is 19.5 Å². The van der Waals surface area contributed by atoms with Gasteiger partial charge in [-0.1, -0.05) is 30.3 Å². The number of carbonyl (C=O) groups excluding carboxylic acids is 2. The van der Waals surface area contributed by atoms with E-state index in [-0.39, 0.29) is 23.8 Å². The molecule has 0 spiro atoms. The van der Waals surface area contributed by atoms with Crippen LogP contribution in [0, 0.1) is 13.8 Å². The van der Waals surface area contributed by atoms with Crippen LogP contribution in [0.15, 0.2) is 69.7 Å². The molecule has 12 nitrogen and oxygen atoms in total. The highest BCUT2D eigenvalue weighted by Gasteiger charge is 2.20. The summed E-state index contributed by atoms with van der Waals surface area (Å²) in [6.07, 6.45) is 9.91. The van der Waals surface area contributed by atoms with Crippen LogP contribution in [-0.2, 0) is 38.8 Å². The molecule has 2 aromatic carbocycles. The molecule has 0 aliphatic carbocycles. The molecule has 6 rings (SSSR count). The maximum atomic E-state index is 13.6. The van der Waals surface area contributed by atoms with Gasteiger partial charge in [0.15, 0.2) is 5.78 Å². The van der Waals surface area contributed by atoms with Crippen LogP contribution in [0.3, 0.4) is 0 Å². The number of rotatable bonds is 18. The summed E-state index contributed by atoms with van der Waals surface area (Å²) in [6, 6.07) is 15.0. The highest BCUT2D eigenvalue weighted by atomic mass is 32.2. The van der Waals surface area contributed by atoms with Crippen LogP contribution in [0.25, 0.3) is 11.1 Å². The van der Waals surface area contributed by atoms with E-state index in [4.69, 9.17) is 9.47 Å². The molecule has 2 saturated heterocycles. The molecule has 1 amide bonds. The fourth-order valence-corrected chi connectivity index (χ4v) is 12.0. The van der Waals surface area contributed by atoms with Crippen molar-refractivity contribution in [2.75, 3.05) is 62.2 Å². The smallest absolute Gasteiger partial charge is 0.274 e. The number of ketones is 1.